The maximum absolute atomic E-state index is 14.3. The van der Waals surface area contributed by atoms with Gasteiger partial charge in [-0.15, -0.1) is 0 Å². The van der Waals surface area contributed by atoms with Crippen LogP contribution in [-0.2, 0) is 11.8 Å². The molecule has 1 saturated heterocycles. The normalized spacial score (nSPS) is 14.4. The van der Waals surface area contributed by atoms with Gasteiger partial charge in [0.05, 0.1) is 11.3 Å². The summed E-state index contributed by atoms with van der Waals surface area (Å²) in [4.78, 5) is 33.4. The van der Waals surface area contributed by atoms with E-state index in [0.29, 0.717) is 42.8 Å². The van der Waals surface area contributed by atoms with Gasteiger partial charge in [0.1, 0.15) is 16.9 Å². The molecule has 0 spiro atoms. The molecule has 3 N–H and O–H groups in total. The number of amides is 2. The van der Waals surface area contributed by atoms with Gasteiger partial charge in [-0.2, -0.15) is 5.10 Å². The number of rotatable bonds is 4. The molecule has 0 bridgehead atoms. The monoisotopic (exact) mass is 509 g/mol. The Labute approximate surface area is 214 Å². The third-order valence-electron chi connectivity index (χ3n) is 5.97. The minimum absolute atomic E-state index is 0.0353. The molecule has 0 radical (unpaired) electrons. The lowest BCUT2D eigenvalue weighted by Gasteiger charge is -2.37. The first-order valence-corrected chi connectivity index (χ1v) is 12.0. The Hall–Kier alpha value is -4.15. The van der Waals surface area contributed by atoms with E-state index in [0.717, 1.165) is 11.1 Å². The molecule has 0 aliphatic carbocycles. The maximum atomic E-state index is 14.3. The molecule has 2 aromatic carbocycles. The van der Waals surface area contributed by atoms with Crippen LogP contribution >= 0.6 is 0 Å². The lowest BCUT2D eigenvalue weighted by molar-refractivity contribution is 0.0240. The molecule has 10 nitrogen and oxygen atoms in total. The second kappa shape index (κ2) is 10.1. The summed E-state index contributed by atoms with van der Waals surface area (Å²) in [7, 11) is 3.34. The van der Waals surface area contributed by atoms with E-state index < -0.39 is 17.3 Å². The number of nitrogens with two attached hydrogens (primary N) is 1. The van der Waals surface area contributed by atoms with E-state index >= 15 is 0 Å². The lowest BCUT2D eigenvalue weighted by Crippen LogP contribution is -2.50. The highest BCUT2D eigenvalue weighted by molar-refractivity contribution is 6.14. The van der Waals surface area contributed by atoms with Crippen molar-refractivity contribution in [3.63, 3.8) is 0 Å². The number of piperazine rings is 1. The topological polar surface area (TPSA) is 118 Å². The molecule has 1 aliphatic heterocycles. The summed E-state index contributed by atoms with van der Waals surface area (Å²) in [6.45, 7) is 7.80. The average Bonchev–Trinajstić information content (AvgIpc) is 3.22. The van der Waals surface area contributed by atoms with Crippen molar-refractivity contribution < 1.29 is 18.7 Å². The number of halogens is 1. The number of aryl methyl sites for hydroxylation is 1. The Bertz CT molecular complexity index is 1370. The molecule has 0 atom stereocenters. The number of nitrogens with one attached hydrogen (secondary N) is 1. The molecule has 2 heterocycles. The van der Waals surface area contributed by atoms with Gasteiger partial charge in [-0.3, -0.25) is 14.5 Å². The number of nitrogens with zero attached hydrogens (tertiary/aromatic N) is 5. The number of anilines is 3. The summed E-state index contributed by atoms with van der Waals surface area (Å²) in [5, 5.41) is 8.08. The van der Waals surface area contributed by atoms with Crippen molar-refractivity contribution in [1.82, 2.24) is 14.7 Å². The van der Waals surface area contributed by atoms with Crippen molar-refractivity contribution in [3.8, 4) is 0 Å². The Morgan fingerprint density at radius 2 is 1.89 bits per heavy atom. The standard InChI is InChI=1S/C26H32FN7O3/c1-26(2,3)37-25(36)34-10-8-33(9-11-34)21-7-6-18(23-19(21)15-32(5)31-23)24(35)30-17-12-16(14-29-4)22(28)20(27)13-17/h6-7,12-15H,8-11,28H2,1-5H3,(H,30,35). The van der Waals surface area contributed by atoms with Crippen molar-refractivity contribution in [2.24, 2.45) is 12.0 Å². The average molecular weight is 510 g/mol. The fourth-order valence-electron chi connectivity index (χ4n) is 4.28. The quantitative estimate of drug-likeness (QED) is 0.409. The molecule has 4 rings (SSSR count). The summed E-state index contributed by atoms with van der Waals surface area (Å²) < 4.78 is 21.4. The van der Waals surface area contributed by atoms with Crippen LogP contribution in [0.25, 0.3) is 10.9 Å². The van der Waals surface area contributed by atoms with Crippen LogP contribution in [0.2, 0.25) is 0 Å². The zero-order valence-corrected chi connectivity index (χ0v) is 21.7. The van der Waals surface area contributed by atoms with Crippen LogP contribution in [0.4, 0.5) is 26.2 Å². The van der Waals surface area contributed by atoms with Crippen molar-refractivity contribution in [1.29, 1.82) is 0 Å². The zero-order chi connectivity index (χ0) is 26.9. The van der Waals surface area contributed by atoms with E-state index in [4.69, 9.17) is 10.5 Å². The van der Waals surface area contributed by atoms with Crippen molar-refractivity contribution in [2.75, 3.05) is 49.2 Å². The summed E-state index contributed by atoms with van der Waals surface area (Å²) in [6, 6.07) is 6.33. The van der Waals surface area contributed by atoms with Crippen LogP contribution in [0.1, 0.15) is 36.7 Å². The molecular weight excluding hydrogens is 477 g/mol. The molecule has 3 aromatic rings. The number of fused-ring (bicyclic) bond motifs is 1. The molecule has 1 aliphatic rings. The largest absolute Gasteiger partial charge is 0.444 e. The van der Waals surface area contributed by atoms with Gasteiger partial charge in [-0.25, -0.2) is 9.18 Å². The highest BCUT2D eigenvalue weighted by atomic mass is 19.1. The molecule has 0 saturated carbocycles. The zero-order valence-electron chi connectivity index (χ0n) is 21.7. The number of hydrogen-bond donors (Lipinski definition) is 2. The predicted molar refractivity (Wildman–Crippen MR) is 143 cm³/mol. The molecule has 1 aromatic heterocycles. The number of carbonyl (C=O) groups is 2. The van der Waals surface area contributed by atoms with Gasteiger partial charge in [0.25, 0.3) is 5.91 Å². The van der Waals surface area contributed by atoms with Gasteiger partial charge in [-0.05, 0) is 45.0 Å². The fourth-order valence-corrected chi connectivity index (χ4v) is 4.28. The molecule has 196 valence electrons. The number of ether oxygens (including phenoxy) is 1. The predicted octanol–water partition coefficient (Wildman–Crippen LogP) is 3.65. The van der Waals surface area contributed by atoms with Gasteiger partial charge < -0.3 is 25.6 Å². The molecule has 0 unspecified atom stereocenters. The van der Waals surface area contributed by atoms with Crippen LogP contribution in [-0.4, -0.2) is 71.7 Å². The number of carbonyl (C=O) groups excluding carboxylic acids is 2. The smallest absolute Gasteiger partial charge is 0.410 e. The first-order chi connectivity index (χ1) is 17.5. The second-order valence-corrected chi connectivity index (χ2v) is 9.95. The van der Waals surface area contributed by atoms with Gasteiger partial charge >= 0.3 is 6.09 Å². The second-order valence-electron chi connectivity index (χ2n) is 9.95. The molecule has 1 fully saturated rings. The van der Waals surface area contributed by atoms with E-state index in [1.807, 2.05) is 33.0 Å². The van der Waals surface area contributed by atoms with Gasteiger partial charge in [-0.1, -0.05) is 0 Å². The Balaban J connectivity index is 1.56. The van der Waals surface area contributed by atoms with Crippen LogP contribution in [0.15, 0.2) is 35.5 Å². The SMILES string of the molecule is CN=Cc1cc(NC(=O)c2ccc(N3CCN(C(=O)OC(C)(C)C)CC3)c3cn(C)nc23)cc(F)c1N. The summed E-state index contributed by atoms with van der Waals surface area (Å²) in [5.41, 5.74) is 7.63. The first-order valence-electron chi connectivity index (χ1n) is 12.0. The maximum Gasteiger partial charge on any atom is 0.410 e. The summed E-state index contributed by atoms with van der Waals surface area (Å²) in [6.07, 6.45) is 2.97. The van der Waals surface area contributed by atoms with E-state index in [2.05, 4.69) is 20.3 Å². The summed E-state index contributed by atoms with van der Waals surface area (Å²) in [5.74, 6) is -1.06. The van der Waals surface area contributed by atoms with Gasteiger partial charge in [0.15, 0.2) is 0 Å². The number of hydrogen-bond acceptors (Lipinski definition) is 7. The molecule has 2 amide bonds. The summed E-state index contributed by atoms with van der Waals surface area (Å²) >= 11 is 0. The Morgan fingerprint density at radius 3 is 2.54 bits per heavy atom. The minimum atomic E-state index is -0.642. The highest BCUT2D eigenvalue weighted by Gasteiger charge is 2.27. The molecule has 11 heteroatoms. The molecule has 37 heavy (non-hydrogen) atoms. The number of nitrogen functional groups attached to an aromatic ring is 1. The number of benzene rings is 2. The van der Waals surface area contributed by atoms with E-state index in [9.17, 15) is 14.0 Å². The third kappa shape index (κ3) is 5.65. The Kier molecular flexibility index (Phi) is 7.06. The lowest BCUT2D eigenvalue weighted by atomic mass is 10.1. The van der Waals surface area contributed by atoms with Gasteiger partial charge in [0.2, 0.25) is 0 Å². The first kappa shape index (κ1) is 25.9. The highest BCUT2D eigenvalue weighted by Crippen LogP contribution is 2.31. The van der Waals surface area contributed by atoms with E-state index in [1.165, 1.54) is 12.3 Å². The fraction of sp³-hybridized carbons (Fsp3) is 0.385. The van der Waals surface area contributed by atoms with Crippen molar-refractivity contribution in [3.05, 3.63) is 47.4 Å². The van der Waals surface area contributed by atoms with E-state index in [-0.39, 0.29) is 17.5 Å². The van der Waals surface area contributed by atoms with Crippen LogP contribution in [0.3, 0.4) is 0 Å². The number of aromatic nitrogens is 2. The van der Waals surface area contributed by atoms with Crippen molar-refractivity contribution in [2.45, 2.75) is 26.4 Å². The number of aliphatic imine (C=N–C) groups is 1. The van der Waals surface area contributed by atoms with Crippen molar-refractivity contribution >= 4 is 46.2 Å². The third-order valence-corrected chi connectivity index (χ3v) is 5.97. The Morgan fingerprint density at radius 1 is 1.19 bits per heavy atom. The van der Waals surface area contributed by atoms with Crippen LogP contribution < -0.4 is 16.0 Å². The van der Waals surface area contributed by atoms with Gasteiger partial charge in [0, 0.05) is 75.0 Å². The van der Waals surface area contributed by atoms with Crippen LogP contribution in [0, 0.1) is 5.82 Å². The molecular formula is C26H32FN7O3. The van der Waals surface area contributed by atoms with Crippen LogP contribution in [0.5, 0.6) is 0 Å². The van der Waals surface area contributed by atoms with E-state index in [1.54, 1.807) is 35.8 Å². The minimum Gasteiger partial charge on any atom is -0.444 e.